The second-order valence-electron chi connectivity index (χ2n) is 5.83. The predicted octanol–water partition coefficient (Wildman–Crippen LogP) is 5.00. The molecule has 5 aromatic rings. The van der Waals surface area contributed by atoms with Crippen LogP contribution in [0.3, 0.4) is 0 Å². The first-order valence-corrected chi connectivity index (χ1v) is 7.88. The average molecular weight is 307 g/mol. The lowest BCUT2D eigenvalue weighted by atomic mass is 10.1. The van der Waals surface area contributed by atoms with Crippen LogP contribution in [-0.2, 0) is 0 Å². The van der Waals surface area contributed by atoms with E-state index in [0.717, 1.165) is 44.0 Å². The van der Waals surface area contributed by atoms with Crippen molar-refractivity contribution in [2.24, 2.45) is 0 Å². The van der Waals surface area contributed by atoms with Gasteiger partial charge in [0.05, 0.1) is 22.2 Å². The Morgan fingerprint density at radius 2 is 1.42 bits per heavy atom. The SMILES string of the molecule is c1ccc2ncc(-c3ccc4ccc5cccnc5c4n3)cc2c1. The van der Waals surface area contributed by atoms with Crippen LogP contribution < -0.4 is 0 Å². The van der Waals surface area contributed by atoms with Gasteiger partial charge in [-0.3, -0.25) is 9.97 Å². The first-order valence-electron chi connectivity index (χ1n) is 7.88. The van der Waals surface area contributed by atoms with Crippen LogP contribution in [0.5, 0.6) is 0 Å². The van der Waals surface area contributed by atoms with Crippen molar-refractivity contribution < 1.29 is 0 Å². The molecular weight excluding hydrogens is 294 g/mol. The Hall–Kier alpha value is -3.33. The summed E-state index contributed by atoms with van der Waals surface area (Å²) in [6, 6.07) is 22.6. The van der Waals surface area contributed by atoms with E-state index in [4.69, 9.17) is 4.98 Å². The minimum atomic E-state index is 0.916. The van der Waals surface area contributed by atoms with Crippen LogP contribution in [0.25, 0.3) is 44.0 Å². The maximum atomic E-state index is 4.88. The van der Waals surface area contributed by atoms with Gasteiger partial charge in [0, 0.05) is 34.1 Å². The first kappa shape index (κ1) is 13.1. The van der Waals surface area contributed by atoms with Gasteiger partial charge in [0.15, 0.2) is 0 Å². The van der Waals surface area contributed by atoms with Gasteiger partial charge in [0.25, 0.3) is 0 Å². The smallest absolute Gasteiger partial charge is 0.0972 e. The van der Waals surface area contributed by atoms with Gasteiger partial charge in [0.1, 0.15) is 0 Å². The number of fused-ring (bicyclic) bond motifs is 4. The summed E-state index contributed by atoms with van der Waals surface area (Å²) in [7, 11) is 0. The predicted molar refractivity (Wildman–Crippen MR) is 97.8 cm³/mol. The molecule has 0 aliphatic carbocycles. The zero-order chi connectivity index (χ0) is 15.9. The second-order valence-corrected chi connectivity index (χ2v) is 5.83. The molecule has 5 rings (SSSR count). The van der Waals surface area contributed by atoms with Gasteiger partial charge < -0.3 is 0 Å². The van der Waals surface area contributed by atoms with Gasteiger partial charge in [-0.15, -0.1) is 0 Å². The van der Waals surface area contributed by atoms with Crippen LogP contribution in [0.1, 0.15) is 0 Å². The second kappa shape index (κ2) is 5.10. The maximum absolute atomic E-state index is 4.88. The highest BCUT2D eigenvalue weighted by molar-refractivity contribution is 6.03. The summed E-state index contributed by atoms with van der Waals surface area (Å²) in [5.41, 5.74) is 4.79. The van der Waals surface area contributed by atoms with Gasteiger partial charge >= 0.3 is 0 Å². The molecule has 0 bridgehead atoms. The molecule has 3 aromatic heterocycles. The van der Waals surface area contributed by atoms with Crippen molar-refractivity contribution in [1.29, 1.82) is 0 Å². The van der Waals surface area contributed by atoms with Crippen LogP contribution in [0.4, 0.5) is 0 Å². The van der Waals surface area contributed by atoms with E-state index < -0.39 is 0 Å². The molecule has 0 saturated heterocycles. The monoisotopic (exact) mass is 307 g/mol. The number of pyridine rings is 3. The summed E-state index contributed by atoms with van der Waals surface area (Å²) < 4.78 is 0. The van der Waals surface area contributed by atoms with Crippen LogP contribution in [0.15, 0.2) is 79.1 Å². The number of hydrogen-bond acceptors (Lipinski definition) is 3. The molecule has 112 valence electrons. The lowest BCUT2D eigenvalue weighted by Gasteiger charge is -2.06. The zero-order valence-corrected chi connectivity index (χ0v) is 12.8. The summed E-state index contributed by atoms with van der Waals surface area (Å²) >= 11 is 0. The molecule has 3 heteroatoms. The highest BCUT2D eigenvalue weighted by Crippen LogP contribution is 2.26. The van der Waals surface area contributed by atoms with E-state index in [0.29, 0.717) is 0 Å². The summed E-state index contributed by atoms with van der Waals surface area (Å²) in [5, 5.41) is 3.32. The normalized spacial score (nSPS) is 11.3. The molecule has 0 atom stereocenters. The Balaban J connectivity index is 1.77. The molecule has 0 aliphatic heterocycles. The largest absolute Gasteiger partial charge is 0.256 e. The average Bonchev–Trinajstić information content (AvgIpc) is 2.67. The molecule has 0 radical (unpaired) electrons. The number of hydrogen-bond donors (Lipinski definition) is 0. The third-order valence-electron chi connectivity index (χ3n) is 4.32. The van der Waals surface area contributed by atoms with Gasteiger partial charge in [-0.2, -0.15) is 0 Å². The van der Waals surface area contributed by atoms with Gasteiger partial charge in [0.2, 0.25) is 0 Å². The zero-order valence-electron chi connectivity index (χ0n) is 12.8. The van der Waals surface area contributed by atoms with Crippen LogP contribution in [-0.4, -0.2) is 15.0 Å². The van der Waals surface area contributed by atoms with Crippen molar-refractivity contribution in [3.8, 4) is 11.3 Å². The molecular formula is C21H13N3. The van der Waals surface area contributed by atoms with Crippen LogP contribution in [0, 0.1) is 0 Å². The topological polar surface area (TPSA) is 38.7 Å². The Morgan fingerprint density at radius 3 is 2.38 bits per heavy atom. The molecule has 3 nitrogen and oxygen atoms in total. The summed E-state index contributed by atoms with van der Waals surface area (Å²) in [6.07, 6.45) is 3.70. The first-order chi connectivity index (χ1) is 11.9. The Morgan fingerprint density at radius 1 is 0.625 bits per heavy atom. The Kier molecular flexibility index (Phi) is 2.79. The molecule has 0 aliphatic rings. The quantitative estimate of drug-likeness (QED) is 0.409. The van der Waals surface area contributed by atoms with Gasteiger partial charge in [-0.05, 0) is 24.3 Å². The van der Waals surface area contributed by atoms with Crippen molar-refractivity contribution in [1.82, 2.24) is 15.0 Å². The standard InChI is InChI=1S/C21H13N3/c1-2-6-18-16(4-1)12-17(13-23-18)19-10-9-15-8-7-14-5-3-11-22-20(14)21(15)24-19/h1-13H. The number of aromatic nitrogens is 3. The van der Waals surface area contributed by atoms with Crippen LogP contribution in [0.2, 0.25) is 0 Å². The molecule has 2 aromatic carbocycles. The number of rotatable bonds is 1. The highest BCUT2D eigenvalue weighted by atomic mass is 14.8. The fourth-order valence-corrected chi connectivity index (χ4v) is 3.10. The van der Waals surface area contributed by atoms with E-state index in [9.17, 15) is 0 Å². The molecule has 0 amide bonds. The minimum absolute atomic E-state index is 0.916. The van der Waals surface area contributed by atoms with E-state index in [-0.39, 0.29) is 0 Å². The Labute approximate surface area is 138 Å². The van der Waals surface area contributed by atoms with Gasteiger partial charge in [-0.25, -0.2) is 4.98 Å². The van der Waals surface area contributed by atoms with Crippen molar-refractivity contribution >= 4 is 32.7 Å². The molecule has 0 fully saturated rings. The molecule has 24 heavy (non-hydrogen) atoms. The number of benzene rings is 2. The highest BCUT2D eigenvalue weighted by Gasteiger charge is 2.07. The number of para-hydroxylation sites is 1. The fraction of sp³-hybridized carbons (Fsp3) is 0. The fourth-order valence-electron chi connectivity index (χ4n) is 3.10. The third-order valence-corrected chi connectivity index (χ3v) is 4.32. The summed E-state index contributed by atoms with van der Waals surface area (Å²) in [6.45, 7) is 0. The molecule has 3 heterocycles. The third kappa shape index (κ3) is 2.02. The van der Waals surface area contributed by atoms with Crippen molar-refractivity contribution in [3.63, 3.8) is 0 Å². The summed E-state index contributed by atoms with van der Waals surface area (Å²) in [5.74, 6) is 0. The molecule has 0 spiro atoms. The molecule has 0 N–H and O–H groups in total. The van der Waals surface area contributed by atoms with E-state index >= 15 is 0 Å². The van der Waals surface area contributed by atoms with E-state index in [1.54, 1.807) is 0 Å². The molecule has 0 unspecified atom stereocenters. The number of nitrogens with zero attached hydrogens (tertiary/aromatic N) is 3. The van der Waals surface area contributed by atoms with E-state index in [1.165, 1.54) is 0 Å². The van der Waals surface area contributed by atoms with Crippen molar-refractivity contribution in [2.75, 3.05) is 0 Å². The lowest BCUT2D eigenvalue weighted by molar-refractivity contribution is 1.34. The summed E-state index contributed by atoms with van der Waals surface area (Å²) in [4.78, 5) is 13.9. The van der Waals surface area contributed by atoms with E-state index in [1.807, 2.05) is 42.7 Å². The lowest BCUT2D eigenvalue weighted by Crippen LogP contribution is -1.89. The van der Waals surface area contributed by atoms with Gasteiger partial charge in [-0.1, -0.05) is 42.5 Å². The maximum Gasteiger partial charge on any atom is 0.0972 e. The molecule has 0 saturated carbocycles. The van der Waals surface area contributed by atoms with Crippen molar-refractivity contribution in [3.05, 3.63) is 79.1 Å². The van der Waals surface area contributed by atoms with Crippen LogP contribution >= 0.6 is 0 Å². The van der Waals surface area contributed by atoms with Crippen molar-refractivity contribution in [2.45, 2.75) is 0 Å². The van der Waals surface area contributed by atoms with E-state index in [2.05, 4.69) is 46.4 Å². The minimum Gasteiger partial charge on any atom is -0.256 e. The Bertz CT molecular complexity index is 1210.